The van der Waals surface area contributed by atoms with Gasteiger partial charge in [0.05, 0.1) is 23.7 Å². The molecule has 0 unspecified atom stereocenters. The zero-order valence-electron chi connectivity index (χ0n) is 17.3. The number of rotatable bonds is 10. The van der Waals surface area contributed by atoms with Crippen molar-refractivity contribution in [1.82, 2.24) is 14.2 Å². The highest BCUT2D eigenvalue weighted by atomic mass is 32.2. The van der Waals surface area contributed by atoms with Crippen LogP contribution in [0.1, 0.15) is 23.9 Å². The Kier molecular flexibility index (Phi) is 7.44. The average molecular weight is 466 g/mol. The highest BCUT2D eigenvalue weighted by Crippen LogP contribution is 2.26. The zero-order valence-corrected chi connectivity index (χ0v) is 19.0. The van der Waals surface area contributed by atoms with Gasteiger partial charge in [-0.25, -0.2) is 9.71 Å². The summed E-state index contributed by atoms with van der Waals surface area (Å²) >= 11 is 1.56. The van der Waals surface area contributed by atoms with E-state index in [1.54, 1.807) is 35.6 Å². The number of hydrogen-bond acceptors (Lipinski definition) is 8. The predicted octanol–water partition coefficient (Wildman–Crippen LogP) is 3.08. The van der Waals surface area contributed by atoms with Crippen LogP contribution in [0.15, 0.2) is 46.2 Å². The van der Waals surface area contributed by atoms with Crippen molar-refractivity contribution in [1.29, 1.82) is 0 Å². The highest BCUT2D eigenvalue weighted by Gasteiger charge is 2.24. The van der Waals surface area contributed by atoms with Crippen LogP contribution in [0.25, 0.3) is 10.8 Å². The van der Waals surface area contributed by atoms with Crippen LogP contribution in [-0.2, 0) is 32.8 Å². The van der Waals surface area contributed by atoms with E-state index in [1.165, 1.54) is 7.05 Å². The quantitative estimate of drug-likeness (QED) is 0.458. The van der Waals surface area contributed by atoms with E-state index in [-0.39, 0.29) is 6.54 Å². The molecule has 0 saturated carbocycles. The number of carbonyl (C=O) groups is 1. The van der Waals surface area contributed by atoms with Crippen LogP contribution in [0, 0.1) is 6.92 Å². The summed E-state index contributed by atoms with van der Waals surface area (Å²) in [6.07, 6.45) is 0.554. The zero-order chi connectivity index (χ0) is 22.4. The van der Waals surface area contributed by atoms with E-state index < -0.39 is 16.2 Å². The second-order valence-electron chi connectivity index (χ2n) is 6.50. The topological polar surface area (TPSA) is 111 Å². The molecule has 0 bridgehead atoms. The van der Waals surface area contributed by atoms with E-state index in [4.69, 9.17) is 14.0 Å². The molecule has 0 aliphatic heterocycles. The van der Waals surface area contributed by atoms with Crippen LogP contribution in [0.4, 0.5) is 0 Å². The van der Waals surface area contributed by atoms with Crippen molar-refractivity contribution in [2.24, 2.45) is 0 Å². The summed E-state index contributed by atoms with van der Waals surface area (Å²) in [5.41, 5.74) is 1.41. The third-order valence-corrected chi connectivity index (χ3v) is 6.31. The van der Waals surface area contributed by atoms with Crippen molar-refractivity contribution in [3.63, 3.8) is 0 Å². The van der Waals surface area contributed by atoms with E-state index >= 15 is 0 Å². The van der Waals surface area contributed by atoms with Crippen LogP contribution in [0.5, 0.6) is 5.75 Å². The number of oxazole rings is 1. The molecular weight excluding hydrogens is 442 g/mol. The second kappa shape index (κ2) is 10.1. The maximum absolute atomic E-state index is 12.1. The number of nitrogens with one attached hydrogen (secondary N) is 1. The number of ether oxygens (including phenoxy) is 1. The Morgan fingerprint density at radius 3 is 2.77 bits per heavy atom. The lowest BCUT2D eigenvalue weighted by Crippen LogP contribution is -2.39. The van der Waals surface area contributed by atoms with Gasteiger partial charge in [0.1, 0.15) is 11.5 Å². The minimum Gasteiger partial charge on any atom is -0.493 e. The maximum atomic E-state index is 12.1. The van der Waals surface area contributed by atoms with E-state index in [2.05, 4.69) is 9.71 Å². The molecule has 0 aliphatic carbocycles. The Morgan fingerprint density at radius 1 is 1.29 bits per heavy atom. The van der Waals surface area contributed by atoms with Crippen LogP contribution >= 0.6 is 11.3 Å². The van der Waals surface area contributed by atoms with Gasteiger partial charge in [0, 0.05) is 20.4 Å². The molecule has 166 valence electrons. The summed E-state index contributed by atoms with van der Waals surface area (Å²) in [6, 6.07) is 10.8. The molecule has 0 spiro atoms. The standard InChI is InChI=1S/C20H23N3O6S2/c1-14-18(22-20(28-14)19-8-5-11-30-19)9-10-27-17-7-4-6-16(12-17)13-23(29-15(2)24)31(25,26)21-3/h4-8,11-12,21H,9-10,13H2,1-3H3. The van der Waals surface area contributed by atoms with Gasteiger partial charge in [-0.15, -0.1) is 11.3 Å². The molecule has 1 aromatic carbocycles. The number of aromatic nitrogens is 1. The molecule has 9 nitrogen and oxygen atoms in total. The Bertz CT molecular complexity index is 1130. The number of thiophene rings is 1. The van der Waals surface area contributed by atoms with E-state index in [0.29, 0.717) is 34.7 Å². The largest absolute Gasteiger partial charge is 0.493 e. The first kappa shape index (κ1) is 22.9. The van der Waals surface area contributed by atoms with Crippen LogP contribution in [-0.4, -0.2) is 37.5 Å². The van der Waals surface area contributed by atoms with E-state index in [0.717, 1.165) is 23.3 Å². The van der Waals surface area contributed by atoms with Gasteiger partial charge < -0.3 is 14.0 Å². The maximum Gasteiger partial charge on any atom is 0.323 e. The molecule has 0 saturated heterocycles. The molecule has 11 heteroatoms. The van der Waals surface area contributed by atoms with Crippen molar-refractivity contribution in [2.45, 2.75) is 26.8 Å². The van der Waals surface area contributed by atoms with Gasteiger partial charge in [0.25, 0.3) is 0 Å². The second-order valence-corrected chi connectivity index (χ2v) is 9.21. The Hall–Kier alpha value is -2.73. The van der Waals surface area contributed by atoms with Crippen molar-refractivity contribution >= 4 is 27.5 Å². The molecule has 2 heterocycles. The van der Waals surface area contributed by atoms with Crippen molar-refractivity contribution in [3.8, 4) is 16.5 Å². The van der Waals surface area contributed by atoms with E-state index in [1.807, 2.05) is 24.4 Å². The van der Waals surface area contributed by atoms with Crippen molar-refractivity contribution < 1.29 is 27.2 Å². The molecule has 0 atom stereocenters. The van der Waals surface area contributed by atoms with Gasteiger partial charge >= 0.3 is 16.2 Å². The summed E-state index contributed by atoms with van der Waals surface area (Å²) in [7, 11) is -2.72. The van der Waals surface area contributed by atoms with Gasteiger partial charge in [-0.2, -0.15) is 8.42 Å². The first-order valence-corrected chi connectivity index (χ1v) is 11.7. The number of hydroxylamine groups is 1. The fourth-order valence-electron chi connectivity index (χ4n) is 2.73. The summed E-state index contributed by atoms with van der Waals surface area (Å²) in [5, 5.41) is 1.97. The Labute approximate surface area is 184 Å². The summed E-state index contributed by atoms with van der Waals surface area (Å²) in [6.45, 7) is 3.20. The minimum atomic E-state index is -3.96. The normalized spacial score (nSPS) is 11.6. The van der Waals surface area contributed by atoms with E-state index in [9.17, 15) is 13.2 Å². The molecule has 0 radical (unpaired) electrons. The first-order valence-electron chi connectivity index (χ1n) is 9.40. The predicted molar refractivity (Wildman–Crippen MR) is 115 cm³/mol. The molecule has 0 amide bonds. The van der Waals surface area contributed by atoms with Crippen molar-refractivity contribution in [2.75, 3.05) is 13.7 Å². The number of aryl methyl sites for hydroxylation is 1. The lowest BCUT2D eigenvalue weighted by atomic mass is 10.2. The smallest absolute Gasteiger partial charge is 0.323 e. The molecular formula is C20H23N3O6S2. The van der Waals surface area contributed by atoms with Crippen LogP contribution < -0.4 is 9.46 Å². The molecule has 1 N–H and O–H groups in total. The number of nitrogens with zero attached hydrogens (tertiary/aromatic N) is 2. The molecule has 2 aromatic heterocycles. The number of benzene rings is 1. The van der Waals surface area contributed by atoms with Gasteiger partial charge in [-0.3, -0.25) is 4.79 Å². The van der Waals surface area contributed by atoms with Gasteiger partial charge in [-0.05, 0) is 40.5 Å². The third kappa shape index (κ3) is 6.14. The fraction of sp³-hybridized carbons (Fsp3) is 0.300. The SMILES string of the molecule is CNS(=O)(=O)N(Cc1cccc(OCCc2nc(-c3cccs3)oc2C)c1)OC(C)=O. The molecule has 0 fully saturated rings. The minimum absolute atomic E-state index is 0.160. The Balaban J connectivity index is 1.62. The summed E-state index contributed by atoms with van der Waals surface area (Å²) in [4.78, 5) is 21.6. The molecule has 0 aliphatic rings. The van der Waals surface area contributed by atoms with Gasteiger partial charge in [0.2, 0.25) is 5.89 Å². The molecule has 3 aromatic rings. The number of carbonyl (C=O) groups excluding carboxylic acids is 1. The van der Waals surface area contributed by atoms with Crippen LogP contribution in [0.3, 0.4) is 0 Å². The molecule has 3 rings (SSSR count). The van der Waals surface area contributed by atoms with Gasteiger partial charge in [-0.1, -0.05) is 18.2 Å². The van der Waals surface area contributed by atoms with Crippen LogP contribution in [0.2, 0.25) is 0 Å². The summed E-state index contributed by atoms with van der Waals surface area (Å²) < 4.78 is 38.4. The average Bonchev–Trinajstić information content (AvgIpc) is 3.38. The van der Waals surface area contributed by atoms with Crippen molar-refractivity contribution in [3.05, 3.63) is 58.8 Å². The number of hydrogen-bond donors (Lipinski definition) is 1. The lowest BCUT2D eigenvalue weighted by Gasteiger charge is -2.19. The lowest BCUT2D eigenvalue weighted by molar-refractivity contribution is -0.168. The monoisotopic (exact) mass is 465 g/mol. The summed E-state index contributed by atoms with van der Waals surface area (Å²) in [5.74, 6) is 1.16. The fourth-order valence-corrected chi connectivity index (χ4v) is 4.10. The molecule has 31 heavy (non-hydrogen) atoms. The third-order valence-electron chi connectivity index (χ3n) is 4.20. The highest BCUT2D eigenvalue weighted by molar-refractivity contribution is 7.86. The first-order chi connectivity index (χ1) is 14.8. The van der Waals surface area contributed by atoms with Gasteiger partial charge in [0.15, 0.2) is 0 Å². The Morgan fingerprint density at radius 2 is 2.10 bits per heavy atom.